The SMILES string of the molecule is O=S(=O)(/C=C/c1ccc(F)cc1C(F)(F)F)Cc1ccc(F)cc1. The molecule has 0 heterocycles. The van der Waals surface area contributed by atoms with Crippen molar-refractivity contribution in [1.82, 2.24) is 0 Å². The fourth-order valence-electron chi connectivity index (χ4n) is 1.96. The zero-order chi connectivity index (χ0) is 18.0. The van der Waals surface area contributed by atoms with Crippen LogP contribution in [0.3, 0.4) is 0 Å². The van der Waals surface area contributed by atoms with Crippen molar-refractivity contribution >= 4 is 15.9 Å². The lowest BCUT2D eigenvalue weighted by molar-refractivity contribution is -0.137. The Balaban J connectivity index is 2.28. The van der Waals surface area contributed by atoms with Gasteiger partial charge in [-0.15, -0.1) is 0 Å². The van der Waals surface area contributed by atoms with Gasteiger partial charge in [-0.05, 0) is 41.5 Å². The smallest absolute Gasteiger partial charge is 0.224 e. The number of alkyl halides is 3. The average molecular weight is 362 g/mol. The Morgan fingerprint density at radius 2 is 1.50 bits per heavy atom. The largest absolute Gasteiger partial charge is 0.417 e. The third-order valence-electron chi connectivity index (χ3n) is 3.06. The van der Waals surface area contributed by atoms with Gasteiger partial charge in [0.15, 0.2) is 9.84 Å². The second kappa shape index (κ2) is 6.72. The molecule has 2 nitrogen and oxygen atoms in total. The van der Waals surface area contributed by atoms with E-state index in [-0.39, 0.29) is 5.56 Å². The molecular formula is C16H11F5O2S. The molecule has 2 aromatic rings. The molecule has 128 valence electrons. The molecule has 2 aromatic carbocycles. The standard InChI is InChI=1S/C16H11F5O2S/c17-13-4-1-11(2-5-13)10-24(22,23)8-7-12-3-6-14(18)9-15(12)16(19,20)21/h1-9H,10H2/b8-7+. The van der Waals surface area contributed by atoms with E-state index in [1.165, 1.54) is 12.1 Å². The first-order valence-corrected chi connectivity index (χ1v) is 8.30. The Labute approximate surface area is 135 Å². The Hall–Kier alpha value is -2.22. The van der Waals surface area contributed by atoms with Crippen LogP contribution in [0.25, 0.3) is 6.08 Å². The van der Waals surface area contributed by atoms with Gasteiger partial charge in [0.25, 0.3) is 0 Å². The maximum atomic E-state index is 13.0. The van der Waals surface area contributed by atoms with Crippen molar-refractivity contribution in [2.24, 2.45) is 0 Å². The van der Waals surface area contributed by atoms with Gasteiger partial charge in [-0.1, -0.05) is 18.2 Å². The summed E-state index contributed by atoms with van der Waals surface area (Å²) in [5, 5.41) is 0.624. The molecule has 0 saturated carbocycles. The van der Waals surface area contributed by atoms with Crippen molar-refractivity contribution in [2.75, 3.05) is 0 Å². The predicted molar refractivity (Wildman–Crippen MR) is 79.5 cm³/mol. The predicted octanol–water partition coefficient (Wildman–Crippen LogP) is 4.57. The first-order valence-electron chi connectivity index (χ1n) is 6.59. The Bertz CT molecular complexity index is 853. The number of benzene rings is 2. The summed E-state index contributed by atoms with van der Waals surface area (Å²) in [5.74, 6) is -2.10. The third-order valence-corrected chi connectivity index (χ3v) is 4.34. The summed E-state index contributed by atoms with van der Waals surface area (Å²) >= 11 is 0. The quantitative estimate of drug-likeness (QED) is 0.747. The lowest BCUT2D eigenvalue weighted by atomic mass is 10.1. The van der Waals surface area contributed by atoms with Crippen LogP contribution in [0, 0.1) is 11.6 Å². The van der Waals surface area contributed by atoms with Gasteiger partial charge in [-0.25, -0.2) is 17.2 Å². The second-order valence-electron chi connectivity index (χ2n) is 4.97. The first-order chi connectivity index (χ1) is 11.1. The molecular weight excluding hydrogens is 351 g/mol. The minimum Gasteiger partial charge on any atom is -0.224 e. The molecule has 0 spiro atoms. The molecule has 8 heteroatoms. The van der Waals surface area contributed by atoms with E-state index in [0.717, 1.165) is 30.3 Å². The molecule has 2 rings (SSSR count). The van der Waals surface area contributed by atoms with Crippen LogP contribution >= 0.6 is 0 Å². The van der Waals surface area contributed by atoms with E-state index < -0.39 is 44.5 Å². The maximum absolute atomic E-state index is 13.0. The van der Waals surface area contributed by atoms with Gasteiger partial charge in [0.2, 0.25) is 0 Å². The molecule has 24 heavy (non-hydrogen) atoms. The highest BCUT2D eigenvalue weighted by Crippen LogP contribution is 2.33. The zero-order valence-electron chi connectivity index (χ0n) is 12.0. The normalized spacial score (nSPS) is 12.7. The third kappa shape index (κ3) is 4.89. The summed E-state index contributed by atoms with van der Waals surface area (Å²) in [6.45, 7) is 0. The summed E-state index contributed by atoms with van der Waals surface area (Å²) in [7, 11) is -3.88. The fourth-order valence-corrected chi connectivity index (χ4v) is 3.06. The van der Waals surface area contributed by atoms with E-state index >= 15 is 0 Å². The Kier molecular flexibility index (Phi) is 5.08. The summed E-state index contributed by atoms with van der Waals surface area (Å²) < 4.78 is 88.2. The van der Waals surface area contributed by atoms with Gasteiger partial charge in [0.1, 0.15) is 11.6 Å². The summed E-state index contributed by atoms with van der Waals surface area (Å²) in [6, 6.07) is 6.64. The van der Waals surface area contributed by atoms with E-state index in [4.69, 9.17) is 0 Å². The lowest BCUT2D eigenvalue weighted by Gasteiger charge is -2.10. The zero-order valence-corrected chi connectivity index (χ0v) is 12.8. The van der Waals surface area contributed by atoms with Crippen LogP contribution in [-0.4, -0.2) is 8.42 Å². The number of rotatable bonds is 4. The van der Waals surface area contributed by atoms with E-state index in [9.17, 15) is 30.4 Å². The number of hydrogen-bond acceptors (Lipinski definition) is 2. The molecule has 0 aliphatic carbocycles. The van der Waals surface area contributed by atoms with E-state index in [2.05, 4.69) is 0 Å². The Morgan fingerprint density at radius 3 is 2.08 bits per heavy atom. The van der Waals surface area contributed by atoms with Gasteiger partial charge in [-0.3, -0.25) is 0 Å². The molecule has 0 aliphatic rings. The van der Waals surface area contributed by atoms with Crippen LogP contribution in [0.15, 0.2) is 47.9 Å². The van der Waals surface area contributed by atoms with Gasteiger partial charge < -0.3 is 0 Å². The average Bonchev–Trinajstić information content (AvgIpc) is 2.47. The minimum absolute atomic E-state index is 0.288. The van der Waals surface area contributed by atoms with E-state index in [0.29, 0.717) is 11.5 Å². The number of sulfone groups is 1. The van der Waals surface area contributed by atoms with Crippen LogP contribution < -0.4 is 0 Å². The number of halogens is 5. The summed E-state index contributed by atoms with van der Waals surface area (Å²) in [5.41, 5.74) is -1.45. The van der Waals surface area contributed by atoms with Crippen molar-refractivity contribution in [1.29, 1.82) is 0 Å². The van der Waals surface area contributed by atoms with Gasteiger partial charge in [0, 0.05) is 5.41 Å². The van der Waals surface area contributed by atoms with Gasteiger partial charge >= 0.3 is 6.18 Å². The van der Waals surface area contributed by atoms with Crippen molar-refractivity contribution < 1.29 is 30.4 Å². The maximum Gasteiger partial charge on any atom is 0.417 e. The molecule has 0 saturated heterocycles. The highest BCUT2D eigenvalue weighted by molar-refractivity contribution is 7.93. The van der Waals surface area contributed by atoms with Crippen molar-refractivity contribution in [2.45, 2.75) is 11.9 Å². The highest BCUT2D eigenvalue weighted by Gasteiger charge is 2.33. The van der Waals surface area contributed by atoms with Crippen molar-refractivity contribution in [3.05, 3.63) is 76.2 Å². The molecule has 0 atom stereocenters. The molecule has 0 unspecified atom stereocenters. The Morgan fingerprint density at radius 1 is 0.917 bits per heavy atom. The molecule has 0 fully saturated rings. The van der Waals surface area contributed by atoms with Gasteiger partial charge in [0.05, 0.1) is 11.3 Å². The van der Waals surface area contributed by atoms with Crippen LogP contribution in [-0.2, 0) is 21.8 Å². The topological polar surface area (TPSA) is 34.1 Å². The number of hydrogen-bond donors (Lipinski definition) is 0. The van der Waals surface area contributed by atoms with E-state index in [1.807, 2.05) is 0 Å². The molecule has 0 radical (unpaired) electrons. The summed E-state index contributed by atoms with van der Waals surface area (Å²) in [4.78, 5) is 0. The first kappa shape index (κ1) is 18.1. The minimum atomic E-state index is -4.82. The van der Waals surface area contributed by atoms with Crippen LogP contribution in [0.5, 0.6) is 0 Å². The second-order valence-corrected chi connectivity index (χ2v) is 6.85. The molecule has 0 amide bonds. The van der Waals surface area contributed by atoms with E-state index in [1.54, 1.807) is 0 Å². The molecule has 0 aromatic heterocycles. The monoisotopic (exact) mass is 362 g/mol. The van der Waals surface area contributed by atoms with Crippen LogP contribution in [0.2, 0.25) is 0 Å². The van der Waals surface area contributed by atoms with Crippen molar-refractivity contribution in [3.8, 4) is 0 Å². The molecule has 0 N–H and O–H groups in total. The fraction of sp³-hybridized carbons (Fsp3) is 0.125. The molecule has 0 aliphatic heterocycles. The van der Waals surface area contributed by atoms with Gasteiger partial charge in [-0.2, -0.15) is 13.2 Å². The van der Waals surface area contributed by atoms with Crippen molar-refractivity contribution in [3.63, 3.8) is 0 Å². The lowest BCUT2D eigenvalue weighted by Crippen LogP contribution is -2.08. The molecule has 0 bridgehead atoms. The highest BCUT2D eigenvalue weighted by atomic mass is 32.2. The van der Waals surface area contributed by atoms with Crippen LogP contribution in [0.1, 0.15) is 16.7 Å². The van der Waals surface area contributed by atoms with Crippen LogP contribution in [0.4, 0.5) is 22.0 Å². The summed E-state index contributed by atoms with van der Waals surface area (Å²) in [6.07, 6.45) is -4.05.